The van der Waals surface area contributed by atoms with E-state index >= 15 is 0 Å². The fourth-order valence-corrected chi connectivity index (χ4v) is 1.49. The molecule has 0 atom stereocenters. The zero-order valence-corrected chi connectivity index (χ0v) is 8.42. The van der Waals surface area contributed by atoms with E-state index in [0.717, 1.165) is 5.56 Å². The van der Waals surface area contributed by atoms with Crippen LogP contribution in [0.1, 0.15) is 25.0 Å². The molecule has 0 bridgehead atoms. The third-order valence-electron chi connectivity index (χ3n) is 2.12. The van der Waals surface area contributed by atoms with Gasteiger partial charge < -0.3 is 9.47 Å². The predicted molar refractivity (Wildman–Crippen MR) is 51.2 cm³/mol. The molecule has 0 N–H and O–H groups in total. The Hall–Kier alpha value is -1.69. The summed E-state index contributed by atoms with van der Waals surface area (Å²) in [5.41, 5.74) is 1.54. The van der Waals surface area contributed by atoms with Crippen molar-refractivity contribution in [1.29, 1.82) is 5.26 Å². The van der Waals surface area contributed by atoms with Gasteiger partial charge in [0.05, 0.1) is 11.6 Å². The molecule has 3 heteroatoms. The van der Waals surface area contributed by atoms with Gasteiger partial charge in [-0.15, -0.1) is 0 Å². The summed E-state index contributed by atoms with van der Waals surface area (Å²) in [6.07, 6.45) is 0. The molecule has 1 aliphatic heterocycles. The summed E-state index contributed by atoms with van der Waals surface area (Å²) in [5.74, 6) is 0.742. The highest BCUT2D eigenvalue weighted by Gasteiger charge is 2.32. The summed E-state index contributed by atoms with van der Waals surface area (Å²) < 4.78 is 11.1. The number of benzene rings is 1. The van der Waals surface area contributed by atoms with Crippen molar-refractivity contribution in [2.24, 2.45) is 0 Å². The topological polar surface area (TPSA) is 42.2 Å². The second-order valence-electron chi connectivity index (χ2n) is 3.83. The van der Waals surface area contributed by atoms with Crippen LogP contribution in [0, 0.1) is 18.3 Å². The van der Waals surface area contributed by atoms with Crippen molar-refractivity contribution < 1.29 is 9.47 Å². The van der Waals surface area contributed by atoms with E-state index in [2.05, 4.69) is 6.07 Å². The van der Waals surface area contributed by atoms with Gasteiger partial charge in [0.1, 0.15) is 0 Å². The van der Waals surface area contributed by atoms with Crippen LogP contribution >= 0.6 is 0 Å². The third-order valence-corrected chi connectivity index (χ3v) is 2.12. The number of ether oxygens (including phenoxy) is 2. The van der Waals surface area contributed by atoms with Gasteiger partial charge in [0.15, 0.2) is 11.5 Å². The van der Waals surface area contributed by atoms with Crippen molar-refractivity contribution in [1.82, 2.24) is 0 Å². The SMILES string of the molecule is Cc1cc2c(cc1C#N)OC(C)(C)O2. The van der Waals surface area contributed by atoms with E-state index < -0.39 is 5.79 Å². The molecule has 0 saturated heterocycles. The van der Waals surface area contributed by atoms with Crippen molar-refractivity contribution in [3.8, 4) is 17.6 Å². The van der Waals surface area contributed by atoms with E-state index in [9.17, 15) is 0 Å². The van der Waals surface area contributed by atoms with Crippen LogP contribution in [0.15, 0.2) is 12.1 Å². The number of hydrogen-bond acceptors (Lipinski definition) is 3. The summed E-state index contributed by atoms with van der Waals surface area (Å²) in [7, 11) is 0. The lowest BCUT2D eigenvalue weighted by Gasteiger charge is -2.16. The predicted octanol–water partition coefficient (Wildman–Crippen LogP) is 2.37. The molecule has 0 aromatic heterocycles. The van der Waals surface area contributed by atoms with Crippen LogP contribution in [0.2, 0.25) is 0 Å². The first-order valence-corrected chi connectivity index (χ1v) is 4.44. The van der Waals surface area contributed by atoms with Gasteiger partial charge in [0.25, 0.3) is 0 Å². The fraction of sp³-hybridized carbons (Fsp3) is 0.364. The molecule has 0 amide bonds. The number of aryl methyl sites for hydroxylation is 1. The second kappa shape index (κ2) is 2.65. The molecular formula is C11H11NO2. The summed E-state index contributed by atoms with van der Waals surface area (Å²) in [6, 6.07) is 5.67. The van der Waals surface area contributed by atoms with Crippen LogP contribution in [0.25, 0.3) is 0 Å². The molecule has 1 aromatic rings. The van der Waals surface area contributed by atoms with E-state index in [1.165, 1.54) is 0 Å². The lowest BCUT2D eigenvalue weighted by molar-refractivity contribution is -0.0431. The summed E-state index contributed by atoms with van der Waals surface area (Å²) in [6.45, 7) is 5.57. The van der Waals surface area contributed by atoms with Gasteiger partial charge in [0, 0.05) is 19.9 Å². The minimum atomic E-state index is -0.622. The van der Waals surface area contributed by atoms with Crippen LogP contribution < -0.4 is 9.47 Å². The molecule has 72 valence electrons. The smallest absolute Gasteiger partial charge is 0.246 e. The zero-order chi connectivity index (χ0) is 10.3. The van der Waals surface area contributed by atoms with E-state index in [4.69, 9.17) is 14.7 Å². The van der Waals surface area contributed by atoms with Crippen LogP contribution in [0.4, 0.5) is 0 Å². The van der Waals surface area contributed by atoms with E-state index in [0.29, 0.717) is 17.1 Å². The van der Waals surface area contributed by atoms with Crippen molar-refractivity contribution in [3.63, 3.8) is 0 Å². The van der Waals surface area contributed by atoms with Crippen molar-refractivity contribution in [3.05, 3.63) is 23.3 Å². The van der Waals surface area contributed by atoms with Gasteiger partial charge in [-0.3, -0.25) is 0 Å². The molecule has 0 aliphatic carbocycles. The van der Waals surface area contributed by atoms with Gasteiger partial charge >= 0.3 is 0 Å². The largest absolute Gasteiger partial charge is 0.449 e. The van der Waals surface area contributed by atoms with Crippen LogP contribution in [-0.2, 0) is 0 Å². The minimum absolute atomic E-state index is 0.622. The number of hydrogen-bond donors (Lipinski definition) is 0. The lowest BCUT2D eigenvalue weighted by atomic mass is 10.1. The molecule has 0 radical (unpaired) electrons. The number of nitrogens with zero attached hydrogens (tertiary/aromatic N) is 1. The minimum Gasteiger partial charge on any atom is -0.449 e. The average molecular weight is 189 g/mol. The maximum absolute atomic E-state index is 8.83. The quantitative estimate of drug-likeness (QED) is 0.629. The molecule has 1 aromatic carbocycles. The average Bonchev–Trinajstić information content (AvgIpc) is 2.36. The van der Waals surface area contributed by atoms with Gasteiger partial charge in [-0.1, -0.05) is 0 Å². The monoisotopic (exact) mass is 189 g/mol. The number of nitriles is 1. The molecule has 0 spiro atoms. The Morgan fingerprint density at radius 3 is 2.36 bits per heavy atom. The van der Waals surface area contributed by atoms with Crippen molar-refractivity contribution in [2.75, 3.05) is 0 Å². The van der Waals surface area contributed by atoms with Gasteiger partial charge in [-0.2, -0.15) is 5.26 Å². The van der Waals surface area contributed by atoms with E-state index in [-0.39, 0.29) is 0 Å². The molecule has 0 unspecified atom stereocenters. The number of rotatable bonds is 0. The first kappa shape index (κ1) is 8.89. The highest BCUT2D eigenvalue weighted by Crippen LogP contribution is 2.40. The Bertz CT molecular complexity index is 430. The molecule has 0 fully saturated rings. The van der Waals surface area contributed by atoms with Gasteiger partial charge in [0.2, 0.25) is 5.79 Å². The summed E-state index contributed by atoms with van der Waals surface area (Å²) in [4.78, 5) is 0. The van der Waals surface area contributed by atoms with Crippen LogP contribution in [-0.4, -0.2) is 5.79 Å². The normalized spacial score (nSPS) is 16.4. The van der Waals surface area contributed by atoms with Crippen LogP contribution in [0.3, 0.4) is 0 Å². The van der Waals surface area contributed by atoms with Crippen LogP contribution in [0.5, 0.6) is 11.5 Å². The number of fused-ring (bicyclic) bond motifs is 1. The highest BCUT2D eigenvalue weighted by atomic mass is 16.7. The standard InChI is InChI=1S/C11H11NO2/c1-7-4-9-10(5-8(7)6-12)14-11(2,3)13-9/h4-5H,1-3H3. The first-order chi connectivity index (χ1) is 6.52. The maximum atomic E-state index is 8.83. The van der Waals surface area contributed by atoms with Crippen molar-refractivity contribution >= 4 is 0 Å². The Morgan fingerprint density at radius 1 is 1.21 bits per heavy atom. The van der Waals surface area contributed by atoms with E-state index in [1.807, 2.05) is 26.8 Å². The van der Waals surface area contributed by atoms with E-state index in [1.54, 1.807) is 6.07 Å². The summed E-state index contributed by atoms with van der Waals surface area (Å²) in [5, 5.41) is 8.83. The lowest BCUT2D eigenvalue weighted by Crippen LogP contribution is -2.29. The Kier molecular flexibility index (Phi) is 1.68. The fourth-order valence-electron chi connectivity index (χ4n) is 1.49. The molecule has 14 heavy (non-hydrogen) atoms. The second-order valence-corrected chi connectivity index (χ2v) is 3.83. The summed E-state index contributed by atoms with van der Waals surface area (Å²) >= 11 is 0. The molecule has 2 rings (SSSR count). The third kappa shape index (κ3) is 1.29. The van der Waals surface area contributed by atoms with Crippen molar-refractivity contribution in [2.45, 2.75) is 26.6 Å². The molecule has 3 nitrogen and oxygen atoms in total. The van der Waals surface area contributed by atoms with Gasteiger partial charge in [-0.25, -0.2) is 0 Å². The maximum Gasteiger partial charge on any atom is 0.246 e. The zero-order valence-electron chi connectivity index (χ0n) is 8.42. The molecule has 1 heterocycles. The molecule has 1 aliphatic rings. The molecule has 0 saturated carbocycles. The first-order valence-electron chi connectivity index (χ1n) is 4.44. The molecular weight excluding hydrogens is 178 g/mol. The Labute approximate surface area is 82.9 Å². The van der Waals surface area contributed by atoms with Gasteiger partial charge in [-0.05, 0) is 18.6 Å². The Morgan fingerprint density at radius 2 is 1.79 bits per heavy atom. The Balaban J connectivity index is 2.51. The highest BCUT2D eigenvalue weighted by molar-refractivity contribution is 5.52.